The van der Waals surface area contributed by atoms with Crippen LogP contribution < -0.4 is 4.74 Å². The van der Waals surface area contributed by atoms with Crippen molar-refractivity contribution in [3.63, 3.8) is 0 Å². The number of imide groups is 1. The Morgan fingerprint density at radius 2 is 1.92 bits per heavy atom. The Bertz CT molecular complexity index is 979. The van der Waals surface area contributed by atoms with Crippen molar-refractivity contribution in [1.29, 1.82) is 0 Å². The van der Waals surface area contributed by atoms with E-state index in [2.05, 4.69) is 11.8 Å². The van der Waals surface area contributed by atoms with E-state index in [1.54, 1.807) is 12.1 Å². The maximum absolute atomic E-state index is 12.4. The summed E-state index contributed by atoms with van der Waals surface area (Å²) in [6, 6.07) is 11.4. The largest absolute Gasteiger partial charge is 0.480 e. The Balaban J connectivity index is 2.11. The van der Waals surface area contributed by atoms with E-state index in [1.165, 1.54) is 0 Å². The molecule has 1 fully saturated rings. The number of rotatable bonds is 4. The molecular weight excluding hydrogens is 334 g/mol. The molecule has 0 aromatic heterocycles. The number of ether oxygens (including phenoxy) is 1. The van der Waals surface area contributed by atoms with Gasteiger partial charge in [-0.1, -0.05) is 42.2 Å². The van der Waals surface area contributed by atoms with Gasteiger partial charge >= 0.3 is 0 Å². The molecule has 122 valence electrons. The van der Waals surface area contributed by atoms with Crippen LogP contribution in [-0.4, -0.2) is 29.2 Å². The lowest BCUT2D eigenvalue weighted by atomic mass is 10.0. The zero-order chi connectivity index (χ0) is 17.8. The van der Waals surface area contributed by atoms with Gasteiger partial charge < -0.3 is 4.74 Å². The summed E-state index contributed by atoms with van der Waals surface area (Å²) in [5.74, 6) is 4.90. The van der Waals surface area contributed by atoms with Crippen LogP contribution in [0.3, 0.4) is 0 Å². The van der Waals surface area contributed by atoms with E-state index >= 15 is 0 Å². The van der Waals surface area contributed by atoms with E-state index < -0.39 is 5.91 Å². The van der Waals surface area contributed by atoms with Crippen molar-refractivity contribution in [3.8, 4) is 30.4 Å². The number of terminal acetylenes is 2. The zero-order valence-electron chi connectivity index (χ0n) is 13.2. The molecule has 25 heavy (non-hydrogen) atoms. The summed E-state index contributed by atoms with van der Waals surface area (Å²) in [6.45, 7) is 0.0652. The molecule has 1 aliphatic rings. The van der Waals surface area contributed by atoms with Gasteiger partial charge in [0.15, 0.2) is 0 Å². The second-order valence-corrected chi connectivity index (χ2v) is 6.16. The van der Waals surface area contributed by atoms with Gasteiger partial charge in [0.25, 0.3) is 11.1 Å². The molecule has 0 N–H and O–H groups in total. The van der Waals surface area contributed by atoms with Crippen molar-refractivity contribution in [1.82, 2.24) is 4.90 Å². The highest BCUT2D eigenvalue weighted by Gasteiger charge is 2.34. The lowest BCUT2D eigenvalue weighted by Gasteiger charge is -2.11. The van der Waals surface area contributed by atoms with Crippen LogP contribution in [0.2, 0.25) is 0 Å². The number of hydrogen-bond acceptors (Lipinski definition) is 4. The van der Waals surface area contributed by atoms with Gasteiger partial charge in [0.2, 0.25) is 0 Å². The van der Waals surface area contributed by atoms with Gasteiger partial charge in [-0.3, -0.25) is 14.5 Å². The van der Waals surface area contributed by atoms with Crippen LogP contribution in [-0.2, 0) is 4.79 Å². The minimum Gasteiger partial charge on any atom is -0.480 e. The van der Waals surface area contributed by atoms with E-state index in [1.807, 2.05) is 30.3 Å². The maximum atomic E-state index is 12.4. The molecule has 0 aliphatic carbocycles. The first-order chi connectivity index (χ1) is 12.2. The molecule has 0 bridgehead atoms. The fourth-order valence-corrected chi connectivity index (χ4v) is 3.35. The van der Waals surface area contributed by atoms with Gasteiger partial charge in [0.05, 0.1) is 11.4 Å². The normalized spacial score (nSPS) is 15.4. The number of nitrogens with zero attached hydrogens (tertiary/aromatic N) is 1. The van der Waals surface area contributed by atoms with E-state index in [0.29, 0.717) is 16.2 Å². The van der Waals surface area contributed by atoms with Crippen LogP contribution in [0.15, 0.2) is 41.3 Å². The minimum absolute atomic E-state index is 0.0437. The molecule has 2 amide bonds. The molecule has 0 atom stereocenters. The first kappa shape index (κ1) is 16.7. The fourth-order valence-electron chi connectivity index (χ4n) is 2.53. The Labute approximate surface area is 149 Å². The zero-order valence-corrected chi connectivity index (χ0v) is 14.0. The summed E-state index contributed by atoms with van der Waals surface area (Å²) in [5.41, 5.74) is 0.708. The fraction of sp³-hybridized carbons (Fsp3) is 0.100. The highest BCUT2D eigenvalue weighted by Crippen LogP contribution is 2.36. The summed E-state index contributed by atoms with van der Waals surface area (Å²) >= 11 is 0.865. The Hall–Kier alpha value is -3.15. The molecule has 0 spiro atoms. The SMILES string of the molecule is C#CCOc1ccc2ccccc2c1C=C1SC(=O)N(CC#C)C1=O. The molecule has 0 saturated carbocycles. The Morgan fingerprint density at radius 1 is 1.12 bits per heavy atom. The van der Waals surface area contributed by atoms with E-state index in [0.717, 1.165) is 27.4 Å². The summed E-state index contributed by atoms with van der Waals surface area (Å²) in [5, 5.41) is 1.52. The van der Waals surface area contributed by atoms with Crippen molar-refractivity contribution in [2.24, 2.45) is 0 Å². The number of carbonyl (C=O) groups excluding carboxylic acids is 2. The van der Waals surface area contributed by atoms with Crippen LogP contribution in [0.4, 0.5) is 4.79 Å². The molecular formula is C20H13NO3S. The van der Waals surface area contributed by atoms with Crippen molar-refractivity contribution < 1.29 is 14.3 Å². The first-order valence-corrected chi connectivity index (χ1v) is 8.24. The average molecular weight is 347 g/mol. The molecule has 0 radical (unpaired) electrons. The van der Waals surface area contributed by atoms with E-state index in [9.17, 15) is 9.59 Å². The lowest BCUT2D eigenvalue weighted by Crippen LogP contribution is -2.28. The van der Waals surface area contributed by atoms with Gasteiger partial charge in [-0.25, -0.2) is 0 Å². The van der Waals surface area contributed by atoms with Crippen LogP contribution >= 0.6 is 11.8 Å². The van der Waals surface area contributed by atoms with Crippen molar-refractivity contribution in [2.45, 2.75) is 0 Å². The van der Waals surface area contributed by atoms with Crippen LogP contribution in [0.1, 0.15) is 5.56 Å². The van der Waals surface area contributed by atoms with Crippen molar-refractivity contribution >= 4 is 39.8 Å². The number of hydrogen-bond donors (Lipinski definition) is 0. The second-order valence-electron chi connectivity index (χ2n) is 5.16. The van der Waals surface area contributed by atoms with Gasteiger partial charge in [-0.15, -0.1) is 12.8 Å². The van der Waals surface area contributed by atoms with Crippen molar-refractivity contribution in [2.75, 3.05) is 13.2 Å². The summed E-state index contributed by atoms with van der Waals surface area (Å²) in [7, 11) is 0. The maximum Gasteiger partial charge on any atom is 0.294 e. The van der Waals surface area contributed by atoms with Crippen LogP contribution in [0.25, 0.3) is 16.8 Å². The molecule has 1 heterocycles. The van der Waals surface area contributed by atoms with Gasteiger partial charge in [0, 0.05) is 5.56 Å². The Kier molecular flexibility index (Phi) is 4.79. The lowest BCUT2D eigenvalue weighted by molar-refractivity contribution is -0.122. The molecule has 1 saturated heterocycles. The molecule has 1 aliphatic heterocycles. The number of benzene rings is 2. The number of amides is 2. The number of fused-ring (bicyclic) bond motifs is 1. The second kappa shape index (κ2) is 7.17. The topological polar surface area (TPSA) is 46.6 Å². The third-order valence-corrected chi connectivity index (χ3v) is 4.55. The predicted octanol–water partition coefficient (Wildman–Crippen LogP) is 3.52. The third-order valence-electron chi connectivity index (χ3n) is 3.64. The summed E-state index contributed by atoms with van der Waals surface area (Å²) in [6.07, 6.45) is 12.2. The van der Waals surface area contributed by atoms with E-state index in [-0.39, 0.29) is 18.4 Å². The monoisotopic (exact) mass is 347 g/mol. The Morgan fingerprint density at radius 3 is 2.68 bits per heavy atom. The smallest absolute Gasteiger partial charge is 0.294 e. The van der Waals surface area contributed by atoms with Crippen molar-refractivity contribution in [3.05, 3.63) is 46.9 Å². The molecule has 3 rings (SSSR count). The number of carbonyl (C=O) groups is 2. The number of thioether (sulfide) groups is 1. The standard InChI is InChI=1S/C20H13NO3S/c1-3-11-21-19(22)18(25-20(21)23)13-16-15-8-6-5-7-14(15)9-10-17(16)24-12-4-2/h1-2,5-10,13H,11-12H2. The average Bonchev–Trinajstić information content (AvgIpc) is 2.89. The minimum atomic E-state index is -0.399. The molecule has 0 unspecified atom stereocenters. The third kappa shape index (κ3) is 3.24. The van der Waals surface area contributed by atoms with Gasteiger partial charge in [-0.05, 0) is 34.7 Å². The van der Waals surface area contributed by atoms with Crippen LogP contribution in [0.5, 0.6) is 5.75 Å². The first-order valence-electron chi connectivity index (χ1n) is 7.42. The predicted molar refractivity (Wildman–Crippen MR) is 99.8 cm³/mol. The quantitative estimate of drug-likeness (QED) is 0.627. The molecule has 4 nitrogen and oxygen atoms in total. The molecule has 5 heteroatoms. The summed E-state index contributed by atoms with van der Waals surface area (Å²) in [4.78, 5) is 25.7. The molecule has 2 aromatic rings. The highest BCUT2D eigenvalue weighted by atomic mass is 32.2. The van der Waals surface area contributed by atoms with Crippen LogP contribution in [0, 0.1) is 24.7 Å². The van der Waals surface area contributed by atoms with E-state index in [4.69, 9.17) is 17.6 Å². The summed E-state index contributed by atoms with van der Waals surface area (Å²) < 4.78 is 5.61. The molecule has 2 aromatic carbocycles. The van der Waals surface area contributed by atoms with Gasteiger partial charge in [0.1, 0.15) is 12.4 Å². The highest BCUT2D eigenvalue weighted by molar-refractivity contribution is 8.18. The van der Waals surface area contributed by atoms with Gasteiger partial charge in [-0.2, -0.15) is 0 Å².